The topological polar surface area (TPSA) is 70.1 Å². The molecule has 0 bridgehead atoms. The Balaban J connectivity index is 2.08. The van der Waals surface area contributed by atoms with E-state index in [1.54, 1.807) is 0 Å². The molecule has 1 aliphatic rings. The van der Waals surface area contributed by atoms with Gasteiger partial charge in [0.05, 0.1) is 19.6 Å². The molecule has 6 nitrogen and oxygen atoms in total. The summed E-state index contributed by atoms with van der Waals surface area (Å²) < 4.78 is 5.19. The average molecular weight is 258 g/mol. The lowest BCUT2D eigenvalue weighted by Crippen LogP contribution is -2.40. The van der Waals surface area contributed by atoms with Crippen molar-refractivity contribution in [2.75, 3.05) is 46.4 Å². The highest BCUT2D eigenvalue weighted by molar-refractivity contribution is 5.76. The number of nitrogens with zero attached hydrogens (tertiary/aromatic N) is 2. The van der Waals surface area contributed by atoms with E-state index in [-0.39, 0.29) is 12.3 Å². The first-order valence-electron chi connectivity index (χ1n) is 6.35. The summed E-state index contributed by atoms with van der Waals surface area (Å²) in [6.45, 7) is 3.92. The van der Waals surface area contributed by atoms with Crippen LogP contribution in [0.4, 0.5) is 0 Å². The van der Waals surface area contributed by atoms with Crippen molar-refractivity contribution in [1.29, 1.82) is 0 Å². The maximum Gasteiger partial charge on any atom is 0.304 e. The molecule has 1 N–H and O–H groups in total. The van der Waals surface area contributed by atoms with Crippen LogP contribution in [0.25, 0.3) is 0 Å². The van der Waals surface area contributed by atoms with Gasteiger partial charge in [0.15, 0.2) is 0 Å². The Morgan fingerprint density at radius 3 is 2.50 bits per heavy atom. The molecule has 0 spiro atoms. The highest BCUT2D eigenvalue weighted by Crippen LogP contribution is 2.03. The Hall–Kier alpha value is -1.14. The van der Waals surface area contributed by atoms with E-state index in [4.69, 9.17) is 9.84 Å². The van der Waals surface area contributed by atoms with E-state index in [2.05, 4.69) is 0 Å². The van der Waals surface area contributed by atoms with Crippen LogP contribution in [0.3, 0.4) is 0 Å². The molecular formula is C12H22N2O4. The predicted molar refractivity (Wildman–Crippen MR) is 66.4 cm³/mol. The summed E-state index contributed by atoms with van der Waals surface area (Å²) in [6, 6.07) is 0. The Kier molecular flexibility index (Phi) is 6.67. The van der Waals surface area contributed by atoms with E-state index in [1.165, 1.54) is 0 Å². The van der Waals surface area contributed by atoms with Gasteiger partial charge >= 0.3 is 5.97 Å². The zero-order valence-corrected chi connectivity index (χ0v) is 10.9. The molecule has 0 aliphatic carbocycles. The molecule has 1 saturated heterocycles. The number of amides is 1. The second kappa shape index (κ2) is 8.05. The van der Waals surface area contributed by atoms with Crippen molar-refractivity contribution < 1.29 is 19.4 Å². The fraction of sp³-hybridized carbons (Fsp3) is 0.833. The summed E-state index contributed by atoms with van der Waals surface area (Å²) in [5, 5.41) is 8.55. The molecule has 0 saturated carbocycles. The normalized spacial score (nSPS) is 16.0. The first-order chi connectivity index (χ1) is 8.59. The van der Waals surface area contributed by atoms with Gasteiger partial charge in [-0.3, -0.25) is 9.59 Å². The number of rotatable bonds is 7. The maximum absolute atomic E-state index is 11.8. The van der Waals surface area contributed by atoms with Crippen molar-refractivity contribution in [2.24, 2.45) is 0 Å². The molecule has 1 rings (SSSR count). The van der Waals surface area contributed by atoms with Crippen LogP contribution in [0.2, 0.25) is 0 Å². The van der Waals surface area contributed by atoms with Crippen molar-refractivity contribution >= 4 is 11.9 Å². The Labute approximate surface area is 107 Å². The average Bonchev–Trinajstić information content (AvgIpc) is 2.37. The lowest BCUT2D eigenvalue weighted by atomic mass is 10.2. The molecule has 0 aromatic carbocycles. The molecule has 18 heavy (non-hydrogen) atoms. The van der Waals surface area contributed by atoms with E-state index in [9.17, 15) is 9.59 Å². The monoisotopic (exact) mass is 258 g/mol. The van der Waals surface area contributed by atoms with Gasteiger partial charge in [-0.2, -0.15) is 0 Å². The van der Waals surface area contributed by atoms with Crippen molar-refractivity contribution in [3.8, 4) is 0 Å². The SMILES string of the molecule is CN(CCCC(=O)N1CCOCC1)CCC(=O)O. The van der Waals surface area contributed by atoms with Gasteiger partial charge < -0.3 is 19.6 Å². The summed E-state index contributed by atoms with van der Waals surface area (Å²) in [4.78, 5) is 26.0. The number of carbonyl (C=O) groups is 2. The molecule has 0 aromatic heterocycles. The largest absolute Gasteiger partial charge is 0.481 e. The standard InChI is InChI=1S/C12H22N2O4/c1-13(6-4-12(16)17)5-2-3-11(15)14-7-9-18-10-8-14/h2-10H2,1H3,(H,16,17). The highest BCUT2D eigenvalue weighted by atomic mass is 16.5. The van der Waals surface area contributed by atoms with Crippen LogP contribution in [0.5, 0.6) is 0 Å². The Morgan fingerprint density at radius 2 is 1.89 bits per heavy atom. The molecule has 6 heteroatoms. The van der Waals surface area contributed by atoms with Gasteiger partial charge in [0.1, 0.15) is 0 Å². The van der Waals surface area contributed by atoms with Gasteiger partial charge in [0.25, 0.3) is 0 Å². The minimum absolute atomic E-state index is 0.147. The zero-order chi connectivity index (χ0) is 13.4. The van der Waals surface area contributed by atoms with Crippen LogP contribution in [-0.2, 0) is 14.3 Å². The zero-order valence-electron chi connectivity index (χ0n) is 10.9. The third-order valence-corrected chi connectivity index (χ3v) is 3.00. The third kappa shape index (κ3) is 5.97. The molecule has 1 aliphatic heterocycles. The van der Waals surface area contributed by atoms with E-state index >= 15 is 0 Å². The van der Waals surface area contributed by atoms with Gasteiger partial charge in [-0.25, -0.2) is 0 Å². The van der Waals surface area contributed by atoms with Gasteiger partial charge in [0.2, 0.25) is 5.91 Å². The van der Waals surface area contributed by atoms with Crippen LogP contribution in [-0.4, -0.2) is 73.2 Å². The number of morpholine rings is 1. The third-order valence-electron chi connectivity index (χ3n) is 3.00. The van der Waals surface area contributed by atoms with Crippen LogP contribution >= 0.6 is 0 Å². The molecule has 104 valence electrons. The van der Waals surface area contributed by atoms with Crippen molar-refractivity contribution in [3.05, 3.63) is 0 Å². The molecule has 0 unspecified atom stereocenters. The van der Waals surface area contributed by atoms with Crippen molar-refractivity contribution in [2.45, 2.75) is 19.3 Å². The number of carboxylic acid groups (broad SMARTS) is 1. The quantitative estimate of drug-likeness (QED) is 0.698. The van der Waals surface area contributed by atoms with E-state index in [1.807, 2.05) is 16.8 Å². The first kappa shape index (κ1) is 14.9. The van der Waals surface area contributed by atoms with Crippen LogP contribution in [0.15, 0.2) is 0 Å². The minimum Gasteiger partial charge on any atom is -0.481 e. The number of aliphatic carboxylic acids is 1. The molecule has 0 aromatic rings. The fourth-order valence-electron chi connectivity index (χ4n) is 1.87. The van der Waals surface area contributed by atoms with Gasteiger partial charge in [-0.15, -0.1) is 0 Å². The molecule has 1 amide bonds. The Bertz CT molecular complexity index is 277. The summed E-state index contributed by atoms with van der Waals surface area (Å²) in [7, 11) is 1.88. The highest BCUT2D eigenvalue weighted by Gasteiger charge is 2.16. The van der Waals surface area contributed by atoms with Crippen molar-refractivity contribution in [1.82, 2.24) is 9.80 Å². The second-order valence-corrected chi connectivity index (χ2v) is 4.54. The lowest BCUT2D eigenvalue weighted by molar-refractivity contribution is -0.137. The smallest absolute Gasteiger partial charge is 0.304 e. The number of carboxylic acids is 1. The molecule has 1 fully saturated rings. The fourth-order valence-corrected chi connectivity index (χ4v) is 1.87. The number of carbonyl (C=O) groups excluding carboxylic acids is 1. The van der Waals surface area contributed by atoms with E-state index < -0.39 is 5.97 Å². The summed E-state index contributed by atoms with van der Waals surface area (Å²) in [6.07, 6.45) is 1.44. The Morgan fingerprint density at radius 1 is 1.22 bits per heavy atom. The van der Waals surface area contributed by atoms with Gasteiger partial charge in [-0.1, -0.05) is 0 Å². The molecule has 0 atom stereocenters. The molecule has 1 heterocycles. The minimum atomic E-state index is -0.786. The van der Waals surface area contributed by atoms with Crippen LogP contribution < -0.4 is 0 Å². The van der Waals surface area contributed by atoms with Crippen molar-refractivity contribution in [3.63, 3.8) is 0 Å². The second-order valence-electron chi connectivity index (χ2n) is 4.54. The lowest BCUT2D eigenvalue weighted by Gasteiger charge is -2.27. The number of hydrogen-bond donors (Lipinski definition) is 1. The summed E-state index contributed by atoms with van der Waals surface area (Å²) in [5.41, 5.74) is 0. The maximum atomic E-state index is 11.8. The first-order valence-corrected chi connectivity index (χ1v) is 6.35. The predicted octanol–water partition coefficient (Wildman–Crippen LogP) is 0.0319. The number of hydrogen-bond acceptors (Lipinski definition) is 4. The van der Waals surface area contributed by atoms with Crippen LogP contribution in [0.1, 0.15) is 19.3 Å². The van der Waals surface area contributed by atoms with Gasteiger partial charge in [-0.05, 0) is 20.0 Å². The summed E-state index contributed by atoms with van der Waals surface area (Å²) >= 11 is 0. The van der Waals surface area contributed by atoms with E-state index in [0.717, 1.165) is 13.0 Å². The van der Waals surface area contributed by atoms with Gasteiger partial charge in [0, 0.05) is 26.1 Å². The number of ether oxygens (including phenoxy) is 1. The summed E-state index contributed by atoms with van der Waals surface area (Å²) in [5.74, 6) is -0.615. The van der Waals surface area contributed by atoms with Crippen LogP contribution in [0, 0.1) is 0 Å². The molecular weight excluding hydrogens is 236 g/mol. The van der Waals surface area contributed by atoms with E-state index in [0.29, 0.717) is 39.3 Å². The molecule has 0 radical (unpaired) electrons.